The van der Waals surface area contributed by atoms with E-state index in [2.05, 4.69) is 121 Å². The molecule has 3 aromatic heterocycles. The molecule has 4 nitrogen and oxygen atoms in total. The van der Waals surface area contributed by atoms with Gasteiger partial charge in [0.05, 0.1) is 22.4 Å². The second-order valence-electron chi connectivity index (χ2n) is 11.4. The number of benzene rings is 6. The number of rotatable bonds is 4. The predicted molar refractivity (Wildman–Crippen MR) is 185 cm³/mol. The van der Waals surface area contributed by atoms with E-state index in [1.165, 1.54) is 5.39 Å². The summed E-state index contributed by atoms with van der Waals surface area (Å²) in [6.45, 7) is 2.13. The van der Waals surface area contributed by atoms with Crippen LogP contribution in [0.1, 0.15) is 5.56 Å². The van der Waals surface area contributed by atoms with E-state index in [0.717, 1.165) is 77.7 Å². The molecule has 45 heavy (non-hydrogen) atoms. The zero-order chi connectivity index (χ0) is 29.9. The van der Waals surface area contributed by atoms with Gasteiger partial charge in [0.2, 0.25) is 0 Å². The maximum Gasteiger partial charge on any atom is 0.160 e. The third kappa shape index (κ3) is 4.00. The molecule has 6 aromatic carbocycles. The molecular formula is C41H27N3O. The first-order chi connectivity index (χ1) is 22.2. The van der Waals surface area contributed by atoms with Gasteiger partial charge < -0.3 is 8.98 Å². The monoisotopic (exact) mass is 577 g/mol. The second kappa shape index (κ2) is 10.0. The van der Waals surface area contributed by atoms with Gasteiger partial charge in [0, 0.05) is 49.5 Å². The molecule has 0 radical (unpaired) electrons. The van der Waals surface area contributed by atoms with Crippen molar-refractivity contribution in [2.75, 3.05) is 0 Å². The molecule has 0 aliphatic heterocycles. The van der Waals surface area contributed by atoms with Crippen LogP contribution in [0, 0.1) is 6.92 Å². The number of furan rings is 1. The molecule has 0 fully saturated rings. The number of para-hydroxylation sites is 2. The second-order valence-corrected chi connectivity index (χ2v) is 11.4. The lowest BCUT2D eigenvalue weighted by atomic mass is 9.98. The van der Waals surface area contributed by atoms with Crippen LogP contribution in [0.3, 0.4) is 0 Å². The van der Waals surface area contributed by atoms with Gasteiger partial charge in [0.25, 0.3) is 0 Å². The minimum atomic E-state index is 0.713. The molecule has 0 bridgehead atoms. The van der Waals surface area contributed by atoms with Crippen LogP contribution in [0.4, 0.5) is 0 Å². The Morgan fingerprint density at radius 2 is 1.11 bits per heavy atom. The highest BCUT2D eigenvalue weighted by molar-refractivity contribution is 6.27. The van der Waals surface area contributed by atoms with Crippen LogP contribution in [0.25, 0.3) is 83.3 Å². The Morgan fingerprint density at radius 3 is 1.87 bits per heavy atom. The fraction of sp³-hybridized carbons (Fsp3) is 0.0244. The quantitative estimate of drug-likeness (QED) is 0.209. The standard InChI is InChI=1S/C41H27N3O/c1-26-39(27-13-5-2-6-14-27)42-41(28-15-7-3-8-16-28)43-40(26)29-21-22-33-32(25-29)37-34(44(33)30-17-9-4-10-18-30)23-24-36-38(37)31-19-11-12-20-35(31)45-36/h2-25H,1H3. The molecule has 9 aromatic rings. The zero-order valence-corrected chi connectivity index (χ0v) is 24.6. The Bertz CT molecular complexity index is 2530. The van der Waals surface area contributed by atoms with E-state index in [4.69, 9.17) is 14.4 Å². The molecule has 0 aliphatic carbocycles. The summed E-state index contributed by atoms with van der Waals surface area (Å²) in [5.41, 5.74) is 11.2. The summed E-state index contributed by atoms with van der Waals surface area (Å²) in [5.74, 6) is 0.713. The van der Waals surface area contributed by atoms with Crippen LogP contribution in [-0.2, 0) is 0 Å². The van der Waals surface area contributed by atoms with Gasteiger partial charge in [0.1, 0.15) is 11.2 Å². The van der Waals surface area contributed by atoms with Crippen molar-refractivity contribution in [3.05, 3.63) is 151 Å². The number of hydrogen-bond acceptors (Lipinski definition) is 3. The predicted octanol–water partition coefficient (Wildman–Crippen LogP) is 10.8. The third-order valence-corrected chi connectivity index (χ3v) is 8.78. The molecule has 9 rings (SSSR count). The SMILES string of the molecule is Cc1c(-c2ccccc2)nc(-c2ccccc2)nc1-c1ccc2c(c1)c1c3c(ccc1n2-c1ccccc1)oc1ccccc13. The van der Waals surface area contributed by atoms with Crippen LogP contribution in [0.15, 0.2) is 150 Å². The highest BCUT2D eigenvalue weighted by Gasteiger charge is 2.21. The average molecular weight is 578 g/mol. The third-order valence-electron chi connectivity index (χ3n) is 8.78. The van der Waals surface area contributed by atoms with Gasteiger partial charge in [0.15, 0.2) is 5.82 Å². The topological polar surface area (TPSA) is 43.9 Å². The van der Waals surface area contributed by atoms with Crippen LogP contribution in [-0.4, -0.2) is 14.5 Å². The lowest BCUT2D eigenvalue weighted by Crippen LogP contribution is -2.00. The Balaban J connectivity index is 1.38. The minimum absolute atomic E-state index is 0.713. The molecule has 4 heteroatoms. The lowest BCUT2D eigenvalue weighted by Gasteiger charge is -2.14. The number of fused-ring (bicyclic) bond motifs is 7. The van der Waals surface area contributed by atoms with E-state index in [0.29, 0.717) is 5.82 Å². The summed E-state index contributed by atoms with van der Waals surface area (Å²) >= 11 is 0. The van der Waals surface area contributed by atoms with Crippen LogP contribution in [0.2, 0.25) is 0 Å². The normalized spacial score (nSPS) is 11.7. The smallest absolute Gasteiger partial charge is 0.160 e. The number of hydrogen-bond donors (Lipinski definition) is 0. The molecule has 3 heterocycles. The molecule has 0 N–H and O–H groups in total. The molecular weight excluding hydrogens is 550 g/mol. The van der Waals surface area contributed by atoms with Gasteiger partial charge in [-0.3, -0.25) is 0 Å². The Kier molecular flexibility index (Phi) is 5.69. The summed E-state index contributed by atoms with van der Waals surface area (Å²) < 4.78 is 8.71. The highest BCUT2D eigenvalue weighted by Crippen LogP contribution is 2.43. The Hall–Kier alpha value is -6.00. The van der Waals surface area contributed by atoms with Crippen LogP contribution >= 0.6 is 0 Å². The van der Waals surface area contributed by atoms with E-state index >= 15 is 0 Å². The maximum absolute atomic E-state index is 6.36. The van der Waals surface area contributed by atoms with Crippen molar-refractivity contribution in [1.82, 2.24) is 14.5 Å². The van der Waals surface area contributed by atoms with Crippen molar-refractivity contribution in [2.45, 2.75) is 6.92 Å². The largest absolute Gasteiger partial charge is 0.456 e. The number of aromatic nitrogens is 3. The van der Waals surface area contributed by atoms with Crippen LogP contribution in [0.5, 0.6) is 0 Å². The van der Waals surface area contributed by atoms with Gasteiger partial charge in [-0.25, -0.2) is 9.97 Å². The first kappa shape index (κ1) is 25.5. The summed E-state index contributed by atoms with van der Waals surface area (Å²) in [7, 11) is 0. The van der Waals surface area contributed by atoms with E-state index < -0.39 is 0 Å². The lowest BCUT2D eigenvalue weighted by molar-refractivity contribution is 0.669. The van der Waals surface area contributed by atoms with Crippen molar-refractivity contribution in [3.8, 4) is 39.6 Å². The maximum atomic E-state index is 6.36. The molecule has 0 amide bonds. The molecule has 0 spiro atoms. The summed E-state index contributed by atoms with van der Waals surface area (Å²) in [4.78, 5) is 10.3. The average Bonchev–Trinajstić information content (AvgIpc) is 3.65. The highest BCUT2D eigenvalue weighted by atomic mass is 16.3. The van der Waals surface area contributed by atoms with Gasteiger partial charge in [-0.05, 0) is 49.4 Å². The Labute approximate surface area is 259 Å². The summed E-state index contributed by atoms with van der Waals surface area (Å²) in [5, 5.41) is 4.58. The first-order valence-corrected chi connectivity index (χ1v) is 15.2. The van der Waals surface area contributed by atoms with Gasteiger partial charge in [-0.2, -0.15) is 0 Å². The molecule has 212 valence electrons. The van der Waals surface area contributed by atoms with Gasteiger partial charge >= 0.3 is 0 Å². The Morgan fingerprint density at radius 1 is 0.489 bits per heavy atom. The fourth-order valence-electron chi connectivity index (χ4n) is 6.72. The number of nitrogens with zero attached hydrogens (tertiary/aromatic N) is 3. The molecule has 0 saturated carbocycles. The van der Waals surface area contributed by atoms with Crippen molar-refractivity contribution < 1.29 is 4.42 Å². The fourth-order valence-corrected chi connectivity index (χ4v) is 6.72. The summed E-state index contributed by atoms with van der Waals surface area (Å²) in [6.07, 6.45) is 0. The summed E-state index contributed by atoms with van der Waals surface area (Å²) in [6, 6.07) is 50.5. The van der Waals surface area contributed by atoms with Crippen molar-refractivity contribution in [1.29, 1.82) is 0 Å². The first-order valence-electron chi connectivity index (χ1n) is 15.2. The van der Waals surface area contributed by atoms with Gasteiger partial charge in [-0.15, -0.1) is 0 Å². The molecule has 0 aliphatic rings. The van der Waals surface area contributed by atoms with Crippen molar-refractivity contribution >= 4 is 43.7 Å². The van der Waals surface area contributed by atoms with E-state index in [1.54, 1.807) is 0 Å². The van der Waals surface area contributed by atoms with Crippen LogP contribution < -0.4 is 0 Å². The van der Waals surface area contributed by atoms with Crippen molar-refractivity contribution in [3.63, 3.8) is 0 Å². The minimum Gasteiger partial charge on any atom is -0.456 e. The molecule has 0 unspecified atom stereocenters. The van der Waals surface area contributed by atoms with E-state index in [-0.39, 0.29) is 0 Å². The molecule has 0 atom stereocenters. The van der Waals surface area contributed by atoms with E-state index in [9.17, 15) is 0 Å². The van der Waals surface area contributed by atoms with Gasteiger partial charge in [-0.1, -0.05) is 103 Å². The zero-order valence-electron chi connectivity index (χ0n) is 24.6. The molecule has 0 saturated heterocycles. The van der Waals surface area contributed by atoms with Crippen molar-refractivity contribution in [2.24, 2.45) is 0 Å². The van der Waals surface area contributed by atoms with E-state index in [1.807, 2.05) is 36.4 Å².